The van der Waals surface area contributed by atoms with Crippen LogP contribution in [0, 0.1) is 11.3 Å². The molecule has 96 valence electrons. The number of hydrogen-bond donors (Lipinski definition) is 1. The van der Waals surface area contributed by atoms with Crippen LogP contribution in [0.4, 0.5) is 5.13 Å². The first-order valence-corrected chi connectivity index (χ1v) is 6.81. The number of thiazole rings is 1. The third kappa shape index (κ3) is 2.37. The van der Waals surface area contributed by atoms with E-state index in [0.29, 0.717) is 10.7 Å². The Morgan fingerprint density at radius 2 is 1.80 bits per heavy atom. The van der Waals surface area contributed by atoms with E-state index in [1.165, 1.54) is 11.3 Å². The number of pyridine rings is 1. The molecule has 0 saturated heterocycles. The van der Waals surface area contributed by atoms with Crippen LogP contribution in [0.3, 0.4) is 0 Å². The van der Waals surface area contributed by atoms with E-state index in [1.807, 2.05) is 23.6 Å². The Kier molecular flexibility index (Phi) is 3.15. The molecule has 2 N–H and O–H groups in total. The molecule has 20 heavy (non-hydrogen) atoms. The Hall–Kier alpha value is -2.71. The average molecular weight is 278 g/mol. The summed E-state index contributed by atoms with van der Waals surface area (Å²) in [6.45, 7) is 0. The minimum absolute atomic E-state index is 0.545. The van der Waals surface area contributed by atoms with Gasteiger partial charge in [-0.15, -0.1) is 11.3 Å². The van der Waals surface area contributed by atoms with E-state index in [0.717, 1.165) is 22.4 Å². The number of rotatable bonds is 2. The van der Waals surface area contributed by atoms with E-state index in [-0.39, 0.29) is 0 Å². The molecule has 2 aromatic heterocycles. The second kappa shape index (κ2) is 5.11. The van der Waals surface area contributed by atoms with E-state index in [1.54, 1.807) is 24.5 Å². The summed E-state index contributed by atoms with van der Waals surface area (Å²) in [5.74, 6) is 0. The van der Waals surface area contributed by atoms with Crippen LogP contribution in [0.1, 0.15) is 5.56 Å². The molecule has 0 bridgehead atoms. The summed E-state index contributed by atoms with van der Waals surface area (Å²) in [5.41, 5.74) is 10.1. The van der Waals surface area contributed by atoms with Crippen molar-refractivity contribution < 1.29 is 0 Å². The molecule has 3 rings (SSSR count). The molecule has 0 fully saturated rings. The number of anilines is 1. The largest absolute Gasteiger partial charge is 0.375 e. The second-order valence-corrected chi connectivity index (χ2v) is 5.11. The van der Waals surface area contributed by atoms with E-state index < -0.39 is 0 Å². The van der Waals surface area contributed by atoms with Crippen LogP contribution < -0.4 is 5.73 Å². The van der Waals surface area contributed by atoms with Gasteiger partial charge in [0.25, 0.3) is 0 Å². The number of nitriles is 1. The Morgan fingerprint density at radius 1 is 1.05 bits per heavy atom. The first-order valence-electron chi connectivity index (χ1n) is 5.93. The smallest absolute Gasteiger partial charge is 0.180 e. The molecular weight excluding hydrogens is 268 g/mol. The third-order valence-electron chi connectivity index (χ3n) is 2.90. The summed E-state index contributed by atoms with van der Waals surface area (Å²) in [6, 6.07) is 11.5. The fraction of sp³-hybridized carbons (Fsp3) is 0. The lowest BCUT2D eigenvalue weighted by atomic mass is 10.0. The molecule has 1 aromatic carbocycles. The third-order valence-corrected chi connectivity index (χ3v) is 3.58. The summed E-state index contributed by atoms with van der Waals surface area (Å²) in [6.07, 6.45) is 3.56. The molecule has 0 saturated carbocycles. The molecule has 5 heteroatoms. The first-order chi connectivity index (χ1) is 9.76. The van der Waals surface area contributed by atoms with Crippen molar-refractivity contribution in [1.82, 2.24) is 9.97 Å². The maximum absolute atomic E-state index is 8.81. The lowest BCUT2D eigenvalue weighted by Gasteiger charge is -2.03. The van der Waals surface area contributed by atoms with E-state index >= 15 is 0 Å². The van der Waals surface area contributed by atoms with Crippen LogP contribution in [0.25, 0.3) is 22.4 Å². The van der Waals surface area contributed by atoms with Crippen molar-refractivity contribution in [2.24, 2.45) is 0 Å². The normalized spacial score (nSPS) is 10.2. The van der Waals surface area contributed by atoms with Crippen molar-refractivity contribution in [2.45, 2.75) is 0 Å². The molecule has 0 spiro atoms. The number of benzene rings is 1. The molecule has 0 radical (unpaired) electrons. The molecule has 2 heterocycles. The highest BCUT2D eigenvalue weighted by atomic mass is 32.1. The van der Waals surface area contributed by atoms with Crippen molar-refractivity contribution in [3.8, 4) is 28.5 Å². The molecule has 0 aliphatic heterocycles. The number of aromatic nitrogens is 2. The van der Waals surface area contributed by atoms with Gasteiger partial charge in [-0.25, -0.2) is 4.98 Å². The van der Waals surface area contributed by atoms with Crippen molar-refractivity contribution in [1.29, 1.82) is 5.26 Å². The monoisotopic (exact) mass is 278 g/mol. The van der Waals surface area contributed by atoms with E-state index in [9.17, 15) is 0 Å². The van der Waals surface area contributed by atoms with E-state index in [4.69, 9.17) is 11.0 Å². The van der Waals surface area contributed by atoms with Gasteiger partial charge < -0.3 is 5.73 Å². The van der Waals surface area contributed by atoms with Gasteiger partial charge in [-0.1, -0.05) is 12.1 Å². The Bertz CT molecular complexity index is 784. The summed E-state index contributed by atoms with van der Waals surface area (Å²) >= 11 is 1.41. The number of hydrogen-bond acceptors (Lipinski definition) is 5. The van der Waals surface area contributed by atoms with E-state index in [2.05, 4.69) is 16.0 Å². The van der Waals surface area contributed by atoms with Gasteiger partial charge >= 0.3 is 0 Å². The average Bonchev–Trinajstić information content (AvgIpc) is 2.94. The van der Waals surface area contributed by atoms with Crippen LogP contribution in [-0.4, -0.2) is 9.97 Å². The van der Waals surface area contributed by atoms with Gasteiger partial charge in [0.2, 0.25) is 0 Å². The van der Waals surface area contributed by atoms with Crippen LogP contribution in [0.2, 0.25) is 0 Å². The first kappa shape index (κ1) is 12.3. The maximum Gasteiger partial charge on any atom is 0.180 e. The van der Waals surface area contributed by atoms with Crippen LogP contribution >= 0.6 is 11.3 Å². The van der Waals surface area contributed by atoms with Crippen LogP contribution in [-0.2, 0) is 0 Å². The summed E-state index contributed by atoms with van der Waals surface area (Å²) in [7, 11) is 0. The van der Waals surface area contributed by atoms with Gasteiger partial charge in [-0.3, -0.25) is 4.98 Å². The van der Waals surface area contributed by atoms with Crippen molar-refractivity contribution in [3.05, 3.63) is 53.7 Å². The highest BCUT2D eigenvalue weighted by molar-refractivity contribution is 7.13. The van der Waals surface area contributed by atoms with Gasteiger partial charge in [0.1, 0.15) is 0 Å². The van der Waals surface area contributed by atoms with Gasteiger partial charge in [0, 0.05) is 28.9 Å². The number of nitrogen functional groups attached to an aromatic ring is 1. The lowest BCUT2D eigenvalue weighted by molar-refractivity contribution is 1.31. The molecule has 3 aromatic rings. The maximum atomic E-state index is 8.81. The lowest BCUT2D eigenvalue weighted by Crippen LogP contribution is -1.86. The fourth-order valence-electron chi connectivity index (χ4n) is 1.90. The highest BCUT2D eigenvalue weighted by Gasteiger charge is 2.05. The Labute approximate surface area is 120 Å². The van der Waals surface area contributed by atoms with Gasteiger partial charge in [-0.2, -0.15) is 5.26 Å². The molecule has 0 amide bonds. The zero-order valence-corrected chi connectivity index (χ0v) is 11.3. The minimum atomic E-state index is 0.545. The van der Waals surface area contributed by atoms with Crippen LogP contribution in [0.5, 0.6) is 0 Å². The molecule has 0 aliphatic carbocycles. The highest BCUT2D eigenvalue weighted by Crippen LogP contribution is 2.27. The topological polar surface area (TPSA) is 75.6 Å². The molecular formula is C15H10N4S. The Balaban J connectivity index is 2.00. The molecule has 0 atom stereocenters. The zero-order valence-electron chi connectivity index (χ0n) is 10.4. The second-order valence-electron chi connectivity index (χ2n) is 4.22. The fourth-order valence-corrected chi connectivity index (χ4v) is 2.47. The predicted molar refractivity (Wildman–Crippen MR) is 79.9 cm³/mol. The van der Waals surface area contributed by atoms with Gasteiger partial charge in [-0.05, 0) is 23.8 Å². The predicted octanol–water partition coefficient (Wildman–Crippen LogP) is 3.33. The van der Waals surface area contributed by atoms with Gasteiger partial charge in [0.15, 0.2) is 5.13 Å². The molecule has 0 aliphatic rings. The Morgan fingerprint density at radius 3 is 2.45 bits per heavy atom. The van der Waals surface area contributed by atoms with Crippen LogP contribution in [0.15, 0.2) is 48.1 Å². The minimum Gasteiger partial charge on any atom is -0.375 e. The van der Waals surface area contributed by atoms with Gasteiger partial charge in [0.05, 0.1) is 17.3 Å². The summed E-state index contributed by atoms with van der Waals surface area (Å²) < 4.78 is 0. The standard InChI is InChI=1S/C15H10N4S/c16-6-10-1-3-11(4-2-10)12-5-13(8-18-7-12)14-9-20-15(17)19-14/h1-5,7-9H,(H2,17,19). The zero-order chi connectivity index (χ0) is 13.9. The SMILES string of the molecule is N#Cc1ccc(-c2cncc(-c3csc(N)n3)c2)cc1. The molecule has 4 nitrogen and oxygen atoms in total. The quantitative estimate of drug-likeness (QED) is 0.780. The molecule has 0 unspecified atom stereocenters. The number of nitrogens with two attached hydrogens (primary N) is 1. The summed E-state index contributed by atoms with van der Waals surface area (Å²) in [5, 5.41) is 11.3. The van der Waals surface area contributed by atoms with Crippen molar-refractivity contribution in [2.75, 3.05) is 5.73 Å². The summed E-state index contributed by atoms with van der Waals surface area (Å²) in [4.78, 5) is 8.50. The van der Waals surface area contributed by atoms with Crippen molar-refractivity contribution in [3.63, 3.8) is 0 Å². The van der Waals surface area contributed by atoms with Crippen molar-refractivity contribution >= 4 is 16.5 Å². The number of nitrogens with zero attached hydrogens (tertiary/aromatic N) is 3.